The Hall–Kier alpha value is -1.07. The molecule has 1 heterocycles. The number of hydrogen-bond donors (Lipinski definition) is 1. The first-order valence-corrected chi connectivity index (χ1v) is 9.93. The van der Waals surface area contributed by atoms with Crippen LogP contribution in [0.3, 0.4) is 0 Å². The number of hydrogen-bond acceptors (Lipinski definition) is 4. The maximum absolute atomic E-state index is 12.1. The molecule has 3 atom stereocenters. The van der Waals surface area contributed by atoms with Crippen LogP contribution in [0.1, 0.15) is 32.6 Å². The second-order valence-electron chi connectivity index (χ2n) is 6.88. The van der Waals surface area contributed by atoms with E-state index < -0.39 is 9.84 Å². The van der Waals surface area contributed by atoms with Crippen molar-refractivity contribution >= 4 is 15.5 Å². The molecule has 0 bridgehead atoms. The maximum atomic E-state index is 12.1. The van der Waals surface area contributed by atoms with E-state index in [2.05, 4.69) is 5.32 Å². The largest absolute Gasteiger partial charge is 0.381 e. The lowest BCUT2D eigenvalue weighted by Crippen LogP contribution is -2.68. The van der Waals surface area contributed by atoms with E-state index in [1.165, 1.54) is 19.3 Å². The van der Waals surface area contributed by atoms with Crippen LogP contribution in [0.4, 0.5) is 5.69 Å². The third kappa shape index (κ3) is 1.95. The number of benzene rings is 1. The SMILES string of the molecule is CCS(=O)(=O)c1cccc(N[C@@H]2[C@@H]3CCO[C@H]3C23CCC3)c1. The van der Waals surface area contributed by atoms with Crippen LogP contribution in [0.15, 0.2) is 29.2 Å². The van der Waals surface area contributed by atoms with Crippen molar-refractivity contribution in [1.82, 2.24) is 0 Å². The van der Waals surface area contributed by atoms with E-state index in [9.17, 15) is 8.42 Å². The van der Waals surface area contributed by atoms with E-state index in [4.69, 9.17) is 4.74 Å². The van der Waals surface area contributed by atoms with Crippen LogP contribution in [0, 0.1) is 11.3 Å². The fraction of sp³-hybridized carbons (Fsp3) is 0.647. The van der Waals surface area contributed by atoms with Crippen LogP contribution in [0.5, 0.6) is 0 Å². The molecule has 4 rings (SSSR count). The molecule has 1 N–H and O–H groups in total. The number of rotatable bonds is 4. The van der Waals surface area contributed by atoms with E-state index in [1.54, 1.807) is 19.1 Å². The third-order valence-corrected chi connectivity index (χ3v) is 7.66. The number of anilines is 1. The topological polar surface area (TPSA) is 55.4 Å². The first-order valence-electron chi connectivity index (χ1n) is 8.28. The molecule has 22 heavy (non-hydrogen) atoms. The molecule has 1 aliphatic heterocycles. The van der Waals surface area contributed by atoms with Crippen LogP contribution in [-0.4, -0.2) is 32.9 Å². The predicted molar refractivity (Wildman–Crippen MR) is 85.7 cm³/mol. The summed E-state index contributed by atoms with van der Waals surface area (Å²) >= 11 is 0. The Morgan fingerprint density at radius 2 is 2.18 bits per heavy atom. The van der Waals surface area contributed by atoms with Gasteiger partial charge in [0.15, 0.2) is 9.84 Å². The standard InChI is InChI=1S/C17H23NO3S/c1-2-22(19,20)13-6-3-5-12(11-13)18-15-14-7-10-21-16(14)17(15)8-4-9-17/h3,5-6,11,14-16,18H,2,4,7-10H2,1H3/t14-,15+,16+/m0/s1. The normalized spacial score (nSPS) is 32.1. The Morgan fingerprint density at radius 1 is 1.36 bits per heavy atom. The Kier molecular flexibility index (Phi) is 3.28. The lowest BCUT2D eigenvalue weighted by molar-refractivity contribution is -0.158. The third-order valence-electron chi connectivity index (χ3n) is 5.93. The van der Waals surface area contributed by atoms with Gasteiger partial charge in [-0.2, -0.15) is 0 Å². The first-order chi connectivity index (χ1) is 10.6. The van der Waals surface area contributed by atoms with Gasteiger partial charge in [0, 0.05) is 29.7 Å². The molecule has 3 fully saturated rings. The van der Waals surface area contributed by atoms with Crippen molar-refractivity contribution in [2.24, 2.45) is 11.3 Å². The molecule has 1 saturated heterocycles. The van der Waals surface area contributed by atoms with Gasteiger partial charge < -0.3 is 10.1 Å². The summed E-state index contributed by atoms with van der Waals surface area (Å²) in [5.41, 5.74) is 1.23. The molecule has 1 spiro atoms. The highest BCUT2D eigenvalue weighted by atomic mass is 32.2. The summed E-state index contributed by atoms with van der Waals surface area (Å²) < 4.78 is 30.0. The van der Waals surface area contributed by atoms with Gasteiger partial charge in [-0.1, -0.05) is 19.4 Å². The second-order valence-corrected chi connectivity index (χ2v) is 9.16. The van der Waals surface area contributed by atoms with Crippen molar-refractivity contribution in [2.75, 3.05) is 17.7 Å². The van der Waals surface area contributed by atoms with E-state index in [1.807, 2.05) is 12.1 Å². The number of fused-ring (bicyclic) bond motifs is 2. The molecule has 0 aromatic heterocycles. The Balaban J connectivity index is 1.58. The zero-order valence-electron chi connectivity index (χ0n) is 12.9. The van der Waals surface area contributed by atoms with Crippen LogP contribution < -0.4 is 5.32 Å². The molecule has 0 amide bonds. The van der Waals surface area contributed by atoms with E-state index in [0.29, 0.717) is 28.4 Å². The van der Waals surface area contributed by atoms with Crippen LogP contribution in [0.25, 0.3) is 0 Å². The minimum atomic E-state index is -3.15. The van der Waals surface area contributed by atoms with Crippen molar-refractivity contribution in [3.8, 4) is 0 Å². The molecule has 1 aromatic carbocycles. The molecule has 5 heteroatoms. The van der Waals surface area contributed by atoms with E-state index in [0.717, 1.165) is 18.7 Å². The highest BCUT2D eigenvalue weighted by molar-refractivity contribution is 7.91. The molecule has 3 aliphatic rings. The summed E-state index contributed by atoms with van der Waals surface area (Å²) in [6.07, 6.45) is 5.31. The summed E-state index contributed by atoms with van der Waals surface area (Å²) in [6.45, 7) is 2.56. The monoisotopic (exact) mass is 321 g/mol. The highest BCUT2D eigenvalue weighted by Gasteiger charge is 2.66. The molecule has 4 nitrogen and oxygen atoms in total. The molecule has 0 radical (unpaired) electrons. The van der Waals surface area contributed by atoms with E-state index >= 15 is 0 Å². The van der Waals surface area contributed by atoms with Crippen molar-refractivity contribution < 1.29 is 13.2 Å². The first kappa shape index (κ1) is 14.5. The van der Waals surface area contributed by atoms with Gasteiger partial charge in [0.1, 0.15) is 0 Å². The summed E-state index contributed by atoms with van der Waals surface area (Å²) in [7, 11) is -3.15. The highest BCUT2D eigenvalue weighted by Crippen LogP contribution is 2.63. The predicted octanol–water partition coefficient (Wildman–Crippen LogP) is 2.85. The maximum Gasteiger partial charge on any atom is 0.178 e. The molecule has 2 saturated carbocycles. The summed E-state index contributed by atoms with van der Waals surface area (Å²) in [5.74, 6) is 0.731. The van der Waals surface area contributed by atoms with Gasteiger partial charge in [0.25, 0.3) is 0 Å². The molecular weight excluding hydrogens is 298 g/mol. The summed E-state index contributed by atoms with van der Waals surface area (Å²) in [4.78, 5) is 0.418. The fourth-order valence-electron chi connectivity index (χ4n) is 4.58. The zero-order valence-corrected chi connectivity index (χ0v) is 13.7. The minimum Gasteiger partial charge on any atom is -0.381 e. The molecule has 1 aromatic rings. The van der Waals surface area contributed by atoms with Gasteiger partial charge in [-0.3, -0.25) is 0 Å². The number of sulfone groups is 1. The molecule has 2 aliphatic carbocycles. The Labute approximate surface area is 132 Å². The molecule has 120 valence electrons. The average Bonchev–Trinajstić information content (AvgIpc) is 2.89. The lowest BCUT2D eigenvalue weighted by Gasteiger charge is -2.63. The van der Waals surface area contributed by atoms with E-state index in [-0.39, 0.29) is 5.75 Å². The number of ether oxygens (including phenoxy) is 1. The molecule has 0 unspecified atom stereocenters. The van der Waals surface area contributed by atoms with Crippen LogP contribution in [0.2, 0.25) is 0 Å². The van der Waals surface area contributed by atoms with Crippen LogP contribution >= 0.6 is 0 Å². The summed E-state index contributed by atoms with van der Waals surface area (Å²) in [5, 5.41) is 3.63. The zero-order chi connectivity index (χ0) is 15.4. The van der Waals surface area contributed by atoms with Gasteiger partial charge in [-0.05, 0) is 37.5 Å². The quantitative estimate of drug-likeness (QED) is 0.926. The van der Waals surface area contributed by atoms with Gasteiger partial charge in [-0.25, -0.2) is 8.42 Å². The van der Waals surface area contributed by atoms with Gasteiger partial charge >= 0.3 is 0 Å². The Morgan fingerprint density at radius 3 is 2.86 bits per heavy atom. The van der Waals surface area contributed by atoms with Crippen molar-refractivity contribution in [2.45, 2.75) is 49.6 Å². The second kappa shape index (κ2) is 4.96. The van der Waals surface area contributed by atoms with Crippen molar-refractivity contribution in [3.05, 3.63) is 24.3 Å². The molecular formula is C17H23NO3S. The number of nitrogens with one attached hydrogen (secondary N) is 1. The summed E-state index contributed by atoms with van der Waals surface area (Å²) in [6, 6.07) is 7.72. The minimum absolute atomic E-state index is 0.141. The van der Waals surface area contributed by atoms with Gasteiger partial charge in [0.05, 0.1) is 16.8 Å². The van der Waals surface area contributed by atoms with Crippen molar-refractivity contribution in [1.29, 1.82) is 0 Å². The van der Waals surface area contributed by atoms with Gasteiger partial charge in [0.2, 0.25) is 0 Å². The fourth-order valence-corrected chi connectivity index (χ4v) is 5.51. The Bertz CT molecular complexity index is 681. The van der Waals surface area contributed by atoms with Crippen molar-refractivity contribution in [3.63, 3.8) is 0 Å². The van der Waals surface area contributed by atoms with Gasteiger partial charge in [-0.15, -0.1) is 0 Å². The smallest absolute Gasteiger partial charge is 0.178 e. The average molecular weight is 321 g/mol. The van der Waals surface area contributed by atoms with Crippen LogP contribution in [-0.2, 0) is 14.6 Å². The lowest BCUT2D eigenvalue weighted by atomic mass is 9.46.